The third-order valence-electron chi connectivity index (χ3n) is 5.19. The summed E-state index contributed by atoms with van der Waals surface area (Å²) in [4.78, 5) is 23.8. The first-order valence-electron chi connectivity index (χ1n) is 10.2. The summed E-state index contributed by atoms with van der Waals surface area (Å²) in [6, 6.07) is 8.44. The molecule has 2 aromatic rings. The first-order chi connectivity index (χ1) is 15.1. The molecule has 1 aromatic heterocycles. The fourth-order valence-electron chi connectivity index (χ4n) is 3.68. The van der Waals surface area contributed by atoms with Crippen molar-refractivity contribution >= 4 is 23.3 Å². The van der Waals surface area contributed by atoms with Crippen LogP contribution >= 0.6 is 11.6 Å². The number of hydrogen-bond acceptors (Lipinski definition) is 5. The molecular weight excluding hydrogens is 443 g/mol. The van der Waals surface area contributed by atoms with Crippen LogP contribution in [0.1, 0.15) is 36.5 Å². The molecule has 0 aliphatic carbocycles. The number of anilines is 1. The van der Waals surface area contributed by atoms with E-state index in [1.165, 1.54) is 0 Å². The van der Waals surface area contributed by atoms with E-state index in [2.05, 4.69) is 9.97 Å². The molecule has 10 heteroatoms. The van der Waals surface area contributed by atoms with Crippen molar-refractivity contribution in [3.63, 3.8) is 0 Å². The van der Waals surface area contributed by atoms with Crippen LogP contribution in [0.15, 0.2) is 24.3 Å². The van der Waals surface area contributed by atoms with Gasteiger partial charge in [0.05, 0.1) is 12.5 Å². The fraction of sp³-hybridized carbons (Fsp3) is 0.455. The van der Waals surface area contributed by atoms with Crippen molar-refractivity contribution in [2.45, 2.75) is 32.9 Å². The maximum Gasteiger partial charge on any atom is 0.433 e. The summed E-state index contributed by atoms with van der Waals surface area (Å²) in [5.74, 6) is -0.176. The van der Waals surface area contributed by atoms with E-state index in [9.17, 15) is 18.0 Å². The molecule has 1 aromatic carbocycles. The number of halogens is 4. The average molecular weight is 466 g/mol. The lowest BCUT2D eigenvalue weighted by molar-refractivity contribution is -0.142. The number of nitriles is 1. The number of hydrogen-bond donors (Lipinski definition) is 0. The van der Waals surface area contributed by atoms with Gasteiger partial charge >= 0.3 is 6.18 Å². The van der Waals surface area contributed by atoms with E-state index in [1.54, 1.807) is 34.1 Å². The van der Waals surface area contributed by atoms with Gasteiger partial charge in [0.1, 0.15) is 11.6 Å². The molecule has 0 atom stereocenters. The standard InChI is InChI=1S/C22H23ClF3N5O/c1-14(2)21(32)31-10-8-30(9-11-31)20-17(13-15-4-3-5-16(23)12-15)19(22(24,25)26)28-18(29-20)6-7-27/h3-5,12,14H,6,8-11,13H2,1-2H3. The number of carbonyl (C=O) groups is 1. The summed E-state index contributed by atoms with van der Waals surface area (Å²) in [6.45, 7) is 5.06. The van der Waals surface area contributed by atoms with E-state index < -0.39 is 11.9 Å². The third kappa shape index (κ3) is 5.49. The van der Waals surface area contributed by atoms with Gasteiger partial charge in [0.25, 0.3) is 0 Å². The highest BCUT2D eigenvalue weighted by Crippen LogP contribution is 2.36. The van der Waals surface area contributed by atoms with Crippen LogP contribution in [-0.4, -0.2) is 47.0 Å². The number of alkyl halides is 3. The molecule has 0 spiro atoms. The molecule has 1 saturated heterocycles. The molecule has 0 unspecified atom stereocenters. The minimum Gasteiger partial charge on any atom is -0.353 e. The van der Waals surface area contributed by atoms with E-state index in [-0.39, 0.29) is 41.9 Å². The summed E-state index contributed by atoms with van der Waals surface area (Å²) in [7, 11) is 0. The van der Waals surface area contributed by atoms with Gasteiger partial charge in [-0.2, -0.15) is 18.4 Å². The van der Waals surface area contributed by atoms with Crippen molar-refractivity contribution in [3.8, 4) is 6.07 Å². The summed E-state index contributed by atoms with van der Waals surface area (Å²) in [6.07, 6.45) is -5.12. The fourth-order valence-corrected chi connectivity index (χ4v) is 3.89. The summed E-state index contributed by atoms with van der Waals surface area (Å²) >= 11 is 6.03. The van der Waals surface area contributed by atoms with Gasteiger partial charge < -0.3 is 9.80 Å². The topological polar surface area (TPSA) is 73.1 Å². The van der Waals surface area contributed by atoms with Gasteiger partial charge in [-0.15, -0.1) is 0 Å². The number of rotatable bonds is 5. The van der Waals surface area contributed by atoms with Crippen LogP contribution in [0.25, 0.3) is 0 Å². The van der Waals surface area contributed by atoms with Crippen LogP contribution in [0, 0.1) is 17.2 Å². The Hall–Kier alpha value is -2.86. The lowest BCUT2D eigenvalue weighted by Gasteiger charge is -2.37. The quantitative estimate of drug-likeness (QED) is 0.664. The van der Waals surface area contributed by atoms with Gasteiger partial charge in [-0.3, -0.25) is 4.79 Å². The lowest BCUT2D eigenvalue weighted by atomic mass is 10.0. The zero-order valence-corrected chi connectivity index (χ0v) is 18.5. The molecule has 0 saturated carbocycles. The van der Waals surface area contributed by atoms with Crippen LogP contribution in [-0.2, 0) is 23.8 Å². The second kappa shape index (κ2) is 9.74. The third-order valence-corrected chi connectivity index (χ3v) is 5.43. The Morgan fingerprint density at radius 1 is 1.22 bits per heavy atom. The van der Waals surface area contributed by atoms with Gasteiger partial charge in [0.2, 0.25) is 5.91 Å². The van der Waals surface area contributed by atoms with Crippen molar-refractivity contribution in [1.82, 2.24) is 14.9 Å². The van der Waals surface area contributed by atoms with Crippen LogP contribution in [0.4, 0.5) is 19.0 Å². The molecule has 2 heterocycles. The molecule has 1 aliphatic rings. The zero-order valence-electron chi connectivity index (χ0n) is 17.8. The molecule has 6 nitrogen and oxygen atoms in total. The minimum absolute atomic E-state index is 0.00707. The average Bonchev–Trinajstić information content (AvgIpc) is 2.73. The van der Waals surface area contributed by atoms with Crippen molar-refractivity contribution in [2.24, 2.45) is 5.92 Å². The number of aromatic nitrogens is 2. The Bertz CT molecular complexity index is 1030. The van der Waals surface area contributed by atoms with Crippen LogP contribution in [0.5, 0.6) is 0 Å². The van der Waals surface area contributed by atoms with Crippen molar-refractivity contribution in [1.29, 1.82) is 5.26 Å². The molecular formula is C22H23ClF3N5O. The zero-order chi connectivity index (χ0) is 23.5. The van der Waals surface area contributed by atoms with Gasteiger partial charge in [-0.05, 0) is 17.7 Å². The molecule has 1 amide bonds. The lowest BCUT2D eigenvalue weighted by Crippen LogP contribution is -2.50. The van der Waals surface area contributed by atoms with Gasteiger partial charge in [0, 0.05) is 49.1 Å². The molecule has 0 radical (unpaired) electrons. The van der Waals surface area contributed by atoms with E-state index in [0.717, 1.165) is 0 Å². The Kier molecular flexibility index (Phi) is 7.24. The highest BCUT2D eigenvalue weighted by Gasteiger charge is 2.39. The van der Waals surface area contributed by atoms with E-state index in [0.29, 0.717) is 36.8 Å². The first-order valence-corrected chi connectivity index (χ1v) is 10.6. The highest BCUT2D eigenvalue weighted by molar-refractivity contribution is 6.30. The Balaban J connectivity index is 2.04. The first kappa shape index (κ1) is 23.8. The molecule has 0 N–H and O–H groups in total. The summed E-state index contributed by atoms with van der Waals surface area (Å²) < 4.78 is 42.0. The summed E-state index contributed by atoms with van der Waals surface area (Å²) in [5, 5.41) is 9.43. The molecule has 3 rings (SSSR count). The van der Waals surface area contributed by atoms with E-state index in [1.807, 2.05) is 19.9 Å². The smallest absolute Gasteiger partial charge is 0.353 e. The number of benzene rings is 1. The van der Waals surface area contributed by atoms with Crippen molar-refractivity contribution in [2.75, 3.05) is 31.1 Å². The number of carbonyl (C=O) groups excluding carboxylic acids is 1. The van der Waals surface area contributed by atoms with Gasteiger partial charge in [0.15, 0.2) is 5.69 Å². The predicted octanol–water partition coefficient (Wildman–Crippen LogP) is 4.11. The van der Waals surface area contributed by atoms with Crippen LogP contribution in [0.3, 0.4) is 0 Å². The van der Waals surface area contributed by atoms with Crippen LogP contribution in [0.2, 0.25) is 5.02 Å². The van der Waals surface area contributed by atoms with Crippen molar-refractivity contribution < 1.29 is 18.0 Å². The minimum atomic E-state index is -4.72. The molecule has 170 valence electrons. The van der Waals surface area contributed by atoms with Gasteiger partial charge in [-0.25, -0.2) is 9.97 Å². The van der Waals surface area contributed by atoms with E-state index in [4.69, 9.17) is 16.9 Å². The number of amides is 1. The monoisotopic (exact) mass is 465 g/mol. The SMILES string of the molecule is CC(C)C(=O)N1CCN(c2nc(CC#N)nc(C(F)(F)F)c2Cc2cccc(Cl)c2)CC1. The number of piperazine rings is 1. The molecule has 1 fully saturated rings. The Morgan fingerprint density at radius 3 is 2.47 bits per heavy atom. The molecule has 32 heavy (non-hydrogen) atoms. The Morgan fingerprint density at radius 2 is 1.91 bits per heavy atom. The van der Waals surface area contributed by atoms with Gasteiger partial charge in [-0.1, -0.05) is 37.6 Å². The second-order valence-corrected chi connectivity index (χ2v) is 8.33. The number of nitrogens with zero attached hydrogens (tertiary/aromatic N) is 5. The maximum absolute atomic E-state index is 14.0. The molecule has 0 bridgehead atoms. The summed E-state index contributed by atoms with van der Waals surface area (Å²) in [5.41, 5.74) is -0.520. The highest BCUT2D eigenvalue weighted by atomic mass is 35.5. The Labute approximate surface area is 189 Å². The normalized spacial score (nSPS) is 14.6. The largest absolute Gasteiger partial charge is 0.433 e. The molecule has 1 aliphatic heterocycles. The van der Waals surface area contributed by atoms with Crippen molar-refractivity contribution in [3.05, 3.63) is 51.9 Å². The second-order valence-electron chi connectivity index (χ2n) is 7.90. The van der Waals surface area contributed by atoms with Crippen LogP contribution < -0.4 is 4.90 Å². The van der Waals surface area contributed by atoms with E-state index >= 15 is 0 Å². The predicted molar refractivity (Wildman–Crippen MR) is 114 cm³/mol. The maximum atomic E-state index is 14.0.